The molecule has 2 aliphatic heterocycles. The number of nitrogens with zero attached hydrogens (tertiary/aromatic N) is 3. The molecule has 7 nitrogen and oxygen atoms in total. The summed E-state index contributed by atoms with van der Waals surface area (Å²) in [6, 6.07) is 0. The maximum atomic E-state index is 12.2. The van der Waals surface area contributed by atoms with Crippen LogP contribution in [0.1, 0.15) is 24.3 Å². The Labute approximate surface area is 136 Å². The van der Waals surface area contributed by atoms with E-state index in [0.717, 1.165) is 63.6 Å². The quantitative estimate of drug-likeness (QED) is 0.772. The molecule has 1 aromatic rings. The molecule has 0 bridgehead atoms. The summed E-state index contributed by atoms with van der Waals surface area (Å²) in [5.74, 6) is 0.936. The van der Waals surface area contributed by atoms with E-state index in [4.69, 9.17) is 13.9 Å². The van der Waals surface area contributed by atoms with E-state index >= 15 is 0 Å². The zero-order valence-electron chi connectivity index (χ0n) is 13.7. The van der Waals surface area contributed by atoms with E-state index < -0.39 is 0 Å². The highest BCUT2D eigenvalue weighted by atomic mass is 16.5. The van der Waals surface area contributed by atoms with Crippen molar-refractivity contribution in [1.82, 2.24) is 14.8 Å². The third kappa shape index (κ3) is 4.53. The van der Waals surface area contributed by atoms with Crippen LogP contribution >= 0.6 is 0 Å². The topological polar surface area (TPSA) is 68.0 Å². The monoisotopic (exact) mass is 323 g/mol. The molecule has 1 unspecified atom stereocenters. The molecule has 1 aromatic heterocycles. The molecule has 128 valence electrons. The van der Waals surface area contributed by atoms with E-state index in [9.17, 15) is 4.79 Å². The molecule has 7 heteroatoms. The maximum absolute atomic E-state index is 12.2. The lowest BCUT2D eigenvalue weighted by Crippen LogP contribution is -2.49. The van der Waals surface area contributed by atoms with Gasteiger partial charge in [0.25, 0.3) is 0 Å². The summed E-state index contributed by atoms with van der Waals surface area (Å²) < 4.78 is 16.2. The largest absolute Gasteiger partial charge is 0.448 e. The number of hydrogen-bond acceptors (Lipinski definition) is 6. The van der Waals surface area contributed by atoms with E-state index in [1.54, 1.807) is 0 Å². The molecule has 0 N–H and O–H groups in total. The number of ether oxygens (including phenoxy) is 2. The zero-order valence-corrected chi connectivity index (χ0v) is 13.7. The molecule has 2 aliphatic rings. The van der Waals surface area contributed by atoms with Crippen molar-refractivity contribution in [1.29, 1.82) is 0 Å². The van der Waals surface area contributed by atoms with Gasteiger partial charge < -0.3 is 18.8 Å². The lowest BCUT2D eigenvalue weighted by molar-refractivity contribution is -0.139. The molecule has 0 aromatic carbocycles. The van der Waals surface area contributed by atoms with Gasteiger partial charge in [-0.25, -0.2) is 4.98 Å². The van der Waals surface area contributed by atoms with Crippen LogP contribution in [0, 0.1) is 6.92 Å². The van der Waals surface area contributed by atoms with Crippen molar-refractivity contribution < 1.29 is 18.7 Å². The number of rotatable bonds is 6. The van der Waals surface area contributed by atoms with Gasteiger partial charge in [0.15, 0.2) is 6.39 Å². The van der Waals surface area contributed by atoms with Gasteiger partial charge in [-0.2, -0.15) is 0 Å². The Morgan fingerprint density at radius 1 is 1.39 bits per heavy atom. The number of piperazine rings is 1. The van der Waals surface area contributed by atoms with Crippen LogP contribution in [0.5, 0.6) is 0 Å². The first-order chi connectivity index (χ1) is 11.2. The summed E-state index contributed by atoms with van der Waals surface area (Å²) in [7, 11) is 0. The van der Waals surface area contributed by atoms with Crippen LogP contribution in [0.4, 0.5) is 0 Å². The second-order valence-corrected chi connectivity index (χ2v) is 6.16. The van der Waals surface area contributed by atoms with Gasteiger partial charge in [0.2, 0.25) is 5.91 Å². The molecule has 2 fully saturated rings. The fourth-order valence-corrected chi connectivity index (χ4v) is 2.99. The van der Waals surface area contributed by atoms with Crippen LogP contribution in [-0.4, -0.2) is 72.8 Å². The molecule has 3 heterocycles. The van der Waals surface area contributed by atoms with Crippen LogP contribution in [-0.2, 0) is 20.8 Å². The molecule has 23 heavy (non-hydrogen) atoms. The molecule has 1 amide bonds. The van der Waals surface area contributed by atoms with Crippen molar-refractivity contribution in [3.8, 4) is 0 Å². The highest BCUT2D eigenvalue weighted by molar-refractivity contribution is 5.77. The predicted octanol–water partition coefficient (Wildman–Crippen LogP) is 0.823. The molecule has 0 spiro atoms. The lowest BCUT2D eigenvalue weighted by atomic mass is 10.2. The first kappa shape index (κ1) is 16.4. The summed E-state index contributed by atoms with van der Waals surface area (Å²) in [6.07, 6.45) is 3.78. The summed E-state index contributed by atoms with van der Waals surface area (Å²) in [5, 5.41) is 0. The molecule has 0 saturated carbocycles. The SMILES string of the molecule is Cc1ocnc1CN1CCN(C(=O)COCC2CCCO2)CC1. The summed E-state index contributed by atoms with van der Waals surface area (Å²) in [6.45, 7) is 7.37. The highest BCUT2D eigenvalue weighted by Crippen LogP contribution is 2.13. The number of carbonyl (C=O) groups is 1. The van der Waals surface area contributed by atoms with Gasteiger partial charge in [-0.3, -0.25) is 9.69 Å². The van der Waals surface area contributed by atoms with Gasteiger partial charge in [0.1, 0.15) is 12.4 Å². The Balaban J connectivity index is 1.34. The fourth-order valence-electron chi connectivity index (χ4n) is 2.99. The normalized spacial score (nSPS) is 22.7. The van der Waals surface area contributed by atoms with E-state index in [2.05, 4.69) is 9.88 Å². The van der Waals surface area contributed by atoms with E-state index in [0.29, 0.717) is 6.61 Å². The van der Waals surface area contributed by atoms with Crippen LogP contribution in [0.25, 0.3) is 0 Å². The molecule has 0 aliphatic carbocycles. The van der Waals surface area contributed by atoms with Crippen molar-refractivity contribution in [2.45, 2.75) is 32.4 Å². The Bertz CT molecular complexity index is 505. The van der Waals surface area contributed by atoms with Crippen molar-refractivity contribution in [2.75, 3.05) is 46.0 Å². The lowest BCUT2D eigenvalue weighted by Gasteiger charge is -2.34. The minimum absolute atomic E-state index is 0.0697. The van der Waals surface area contributed by atoms with Crippen molar-refractivity contribution in [2.24, 2.45) is 0 Å². The van der Waals surface area contributed by atoms with Crippen molar-refractivity contribution in [3.05, 3.63) is 17.8 Å². The minimum atomic E-state index is 0.0697. The van der Waals surface area contributed by atoms with Gasteiger partial charge in [0.05, 0.1) is 18.4 Å². The van der Waals surface area contributed by atoms with Crippen LogP contribution in [0.2, 0.25) is 0 Å². The number of hydrogen-bond donors (Lipinski definition) is 0. The molecule has 2 saturated heterocycles. The molecular weight excluding hydrogens is 298 g/mol. The number of aryl methyl sites for hydroxylation is 1. The summed E-state index contributed by atoms with van der Waals surface area (Å²) in [5.41, 5.74) is 0.977. The third-order valence-corrected chi connectivity index (χ3v) is 4.50. The second kappa shape index (κ2) is 7.90. The predicted molar refractivity (Wildman–Crippen MR) is 82.9 cm³/mol. The smallest absolute Gasteiger partial charge is 0.248 e. The highest BCUT2D eigenvalue weighted by Gasteiger charge is 2.23. The number of carbonyl (C=O) groups excluding carboxylic acids is 1. The first-order valence-electron chi connectivity index (χ1n) is 8.31. The second-order valence-electron chi connectivity index (χ2n) is 6.16. The Morgan fingerprint density at radius 3 is 2.87 bits per heavy atom. The molecule has 0 radical (unpaired) electrons. The van der Waals surface area contributed by atoms with E-state index in [-0.39, 0.29) is 18.6 Å². The maximum Gasteiger partial charge on any atom is 0.248 e. The van der Waals surface area contributed by atoms with Gasteiger partial charge in [-0.05, 0) is 19.8 Å². The summed E-state index contributed by atoms with van der Waals surface area (Å²) in [4.78, 5) is 20.6. The Kier molecular flexibility index (Phi) is 5.64. The number of aromatic nitrogens is 1. The molecule has 3 rings (SSSR count). The average molecular weight is 323 g/mol. The van der Waals surface area contributed by atoms with Gasteiger partial charge in [0, 0.05) is 39.3 Å². The Morgan fingerprint density at radius 2 is 2.22 bits per heavy atom. The number of oxazole rings is 1. The fraction of sp³-hybridized carbons (Fsp3) is 0.750. The Hall–Kier alpha value is -1.44. The number of amides is 1. The van der Waals surface area contributed by atoms with Gasteiger partial charge in [-0.15, -0.1) is 0 Å². The van der Waals surface area contributed by atoms with Gasteiger partial charge in [-0.1, -0.05) is 0 Å². The van der Waals surface area contributed by atoms with Crippen LogP contribution in [0.3, 0.4) is 0 Å². The summed E-state index contributed by atoms with van der Waals surface area (Å²) >= 11 is 0. The van der Waals surface area contributed by atoms with Crippen LogP contribution < -0.4 is 0 Å². The first-order valence-corrected chi connectivity index (χ1v) is 8.31. The van der Waals surface area contributed by atoms with E-state index in [1.165, 1.54) is 6.39 Å². The van der Waals surface area contributed by atoms with Crippen molar-refractivity contribution >= 4 is 5.91 Å². The zero-order chi connectivity index (χ0) is 16.1. The van der Waals surface area contributed by atoms with Crippen molar-refractivity contribution in [3.63, 3.8) is 0 Å². The van der Waals surface area contributed by atoms with Gasteiger partial charge >= 0.3 is 0 Å². The molecular formula is C16H25N3O4. The van der Waals surface area contributed by atoms with E-state index in [1.807, 2.05) is 11.8 Å². The van der Waals surface area contributed by atoms with Crippen LogP contribution in [0.15, 0.2) is 10.8 Å². The standard InChI is InChI=1S/C16H25N3O4/c1-13-15(17-12-23-13)9-18-4-6-19(7-5-18)16(20)11-21-10-14-3-2-8-22-14/h12,14H,2-11H2,1H3. The third-order valence-electron chi connectivity index (χ3n) is 4.50. The minimum Gasteiger partial charge on any atom is -0.448 e. The molecule has 1 atom stereocenters. The average Bonchev–Trinajstić information content (AvgIpc) is 3.21.